The lowest BCUT2D eigenvalue weighted by Crippen LogP contribution is -2.64. The quantitative estimate of drug-likeness (QED) is 0.00944. The second-order valence-electron chi connectivity index (χ2n) is 16.7. The van der Waals surface area contributed by atoms with Crippen molar-refractivity contribution in [3.8, 4) is 0 Å². The van der Waals surface area contributed by atoms with Gasteiger partial charge in [-0.1, -0.05) is 137 Å². The molecule has 0 bridgehead atoms. The van der Waals surface area contributed by atoms with Crippen molar-refractivity contribution in [1.82, 2.24) is 0 Å². The molecule has 0 aromatic heterocycles. The molecular formula is C49H82O17P2. The second kappa shape index (κ2) is 38.8. The third kappa shape index (κ3) is 32.9. The van der Waals surface area contributed by atoms with Crippen LogP contribution in [0.2, 0.25) is 0 Å². The average molecular weight is 1010 g/mol. The SMILES string of the molecule is CCCCC/C=C\C/C=C\C/C=C\C=C\[C@H](O)CCCC(=O)O[C@H](COC(=O)CCCCCC/C=C\C/C=C\C/C=C\CCCCC)COP(=O)(O)O[C@H]1C(O)C(O)C(O)[C@@H](OP(=O)(O)O)C1O. The van der Waals surface area contributed by atoms with Crippen LogP contribution < -0.4 is 0 Å². The lowest BCUT2D eigenvalue weighted by molar-refractivity contribution is -0.216. The fourth-order valence-corrected chi connectivity index (χ4v) is 8.26. The number of rotatable bonds is 39. The molecule has 1 fully saturated rings. The van der Waals surface area contributed by atoms with Crippen molar-refractivity contribution in [1.29, 1.82) is 0 Å². The number of hydrogen-bond acceptors (Lipinski definition) is 14. The molecule has 8 N–H and O–H groups in total. The summed E-state index contributed by atoms with van der Waals surface area (Å²) in [5.74, 6) is -1.44. The first-order valence-corrected chi connectivity index (χ1v) is 27.3. The lowest BCUT2D eigenvalue weighted by Gasteiger charge is -2.43. The molecule has 17 nitrogen and oxygen atoms in total. The molecule has 19 heteroatoms. The van der Waals surface area contributed by atoms with Crippen LogP contribution >= 0.6 is 15.6 Å². The third-order valence-electron chi connectivity index (χ3n) is 10.5. The van der Waals surface area contributed by atoms with E-state index in [1.54, 1.807) is 12.2 Å². The maximum absolute atomic E-state index is 13.0. The Balaban J connectivity index is 2.70. The van der Waals surface area contributed by atoms with Gasteiger partial charge in [0.05, 0.1) is 12.7 Å². The number of carbonyl (C=O) groups is 2. The van der Waals surface area contributed by atoms with Crippen LogP contribution in [0.3, 0.4) is 0 Å². The molecule has 0 aromatic rings. The van der Waals surface area contributed by atoms with Gasteiger partial charge in [-0.05, 0) is 83.5 Å². The molecule has 5 unspecified atom stereocenters. The number of aliphatic hydroxyl groups is 5. The predicted molar refractivity (Wildman–Crippen MR) is 261 cm³/mol. The van der Waals surface area contributed by atoms with Crippen LogP contribution in [0.1, 0.15) is 149 Å². The number of esters is 2. The van der Waals surface area contributed by atoms with Crippen LogP contribution in [-0.2, 0) is 41.8 Å². The normalized spacial score (nSPS) is 22.4. The number of aliphatic hydroxyl groups excluding tert-OH is 5. The Morgan fingerprint density at radius 3 is 1.57 bits per heavy atom. The number of phosphoric acid groups is 2. The summed E-state index contributed by atoms with van der Waals surface area (Å²) >= 11 is 0. The zero-order chi connectivity index (χ0) is 50.5. The Bertz CT molecular complexity index is 1650. The number of hydrogen-bond donors (Lipinski definition) is 8. The van der Waals surface area contributed by atoms with Gasteiger partial charge in [-0.25, -0.2) is 9.13 Å². The molecule has 1 saturated carbocycles. The average Bonchev–Trinajstić information content (AvgIpc) is 3.29. The second-order valence-corrected chi connectivity index (χ2v) is 19.3. The highest BCUT2D eigenvalue weighted by molar-refractivity contribution is 7.47. The molecule has 0 saturated heterocycles. The third-order valence-corrected chi connectivity index (χ3v) is 12.0. The predicted octanol–water partition coefficient (Wildman–Crippen LogP) is 8.36. The van der Waals surface area contributed by atoms with E-state index >= 15 is 0 Å². The molecule has 0 spiro atoms. The van der Waals surface area contributed by atoms with Crippen molar-refractivity contribution in [2.45, 2.75) is 198 Å². The Kier molecular flexibility index (Phi) is 36.1. The highest BCUT2D eigenvalue weighted by Crippen LogP contribution is 2.49. The van der Waals surface area contributed by atoms with E-state index in [2.05, 4.69) is 79.1 Å². The van der Waals surface area contributed by atoms with Crippen molar-refractivity contribution >= 4 is 27.6 Å². The Hall–Kier alpha value is -2.86. The van der Waals surface area contributed by atoms with Crippen molar-refractivity contribution < 1.29 is 82.0 Å². The Labute approximate surface area is 404 Å². The molecule has 0 heterocycles. The van der Waals surface area contributed by atoms with Crippen molar-refractivity contribution in [2.75, 3.05) is 13.2 Å². The van der Waals surface area contributed by atoms with Gasteiger partial charge in [0, 0.05) is 12.8 Å². The standard InChI is InChI=1S/C49H82O17P2/c1-3-5-7-9-11-13-15-17-18-19-20-22-24-26-28-30-32-36-42(51)62-38-41(39-63-68(60,61)66-49-46(55)44(53)45(54)48(47(49)56)65-67(57,58)59)64-43(52)37-33-35-40(50)34-31-29-27-25-23-21-16-14-12-10-8-6-4-2/h11-14,17-18,20-23,27,29,31,34,40-41,44-50,53-56H,3-10,15-16,19,24-26,28,30,32-33,35-39H2,1-2H3,(H,60,61)(H2,57,58,59)/b13-11-,14-12-,18-17-,22-20-,23-21-,29-27-,34-31+/t40-,41+,44?,45?,46?,47?,48+,49-/m0/s1. The molecule has 0 aromatic carbocycles. The van der Waals surface area contributed by atoms with E-state index in [-0.39, 0.29) is 25.7 Å². The van der Waals surface area contributed by atoms with Crippen molar-refractivity contribution in [3.63, 3.8) is 0 Å². The maximum atomic E-state index is 13.0. The van der Waals surface area contributed by atoms with Gasteiger partial charge >= 0.3 is 27.6 Å². The maximum Gasteiger partial charge on any atom is 0.472 e. The highest BCUT2D eigenvalue weighted by atomic mass is 31.2. The van der Waals surface area contributed by atoms with E-state index in [1.165, 1.54) is 38.5 Å². The van der Waals surface area contributed by atoms with Crippen LogP contribution in [-0.4, -0.2) is 114 Å². The van der Waals surface area contributed by atoms with Gasteiger partial charge < -0.3 is 49.7 Å². The minimum Gasteiger partial charge on any atom is -0.462 e. The van der Waals surface area contributed by atoms with E-state index in [0.717, 1.165) is 64.2 Å². The van der Waals surface area contributed by atoms with Crippen molar-refractivity contribution in [2.24, 2.45) is 0 Å². The molecular weight excluding hydrogens is 922 g/mol. The molecule has 9 atom stereocenters. The van der Waals surface area contributed by atoms with E-state index in [9.17, 15) is 58.9 Å². The number of unbranched alkanes of at least 4 members (excludes halogenated alkanes) is 10. The Morgan fingerprint density at radius 1 is 0.544 bits per heavy atom. The van der Waals surface area contributed by atoms with Crippen molar-refractivity contribution in [3.05, 3.63) is 85.1 Å². The van der Waals surface area contributed by atoms with Gasteiger partial charge in [-0.2, -0.15) is 0 Å². The van der Waals surface area contributed by atoms with Gasteiger partial charge in [0.15, 0.2) is 6.10 Å². The van der Waals surface area contributed by atoms with Crippen LogP contribution in [0, 0.1) is 0 Å². The number of phosphoric ester groups is 2. The van der Waals surface area contributed by atoms with E-state index < -0.39 is 89.6 Å². The van der Waals surface area contributed by atoms with E-state index in [1.807, 2.05) is 12.2 Å². The van der Waals surface area contributed by atoms with Crippen LogP contribution in [0.15, 0.2) is 85.1 Å². The molecule has 1 rings (SSSR count). The molecule has 0 amide bonds. The Morgan fingerprint density at radius 2 is 1.03 bits per heavy atom. The topological polar surface area (TPSA) is 276 Å². The molecule has 390 valence electrons. The molecule has 0 radical (unpaired) electrons. The van der Waals surface area contributed by atoms with Gasteiger partial charge in [-0.3, -0.25) is 23.2 Å². The first-order chi connectivity index (χ1) is 32.5. The molecule has 1 aliphatic rings. The number of carbonyl (C=O) groups excluding carboxylic acids is 2. The summed E-state index contributed by atoms with van der Waals surface area (Å²) in [4.78, 5) is 54.3. The summed E-state index contributed by atoms with van der Waals surface area (Å²) < 4.78 is 49.2. The molecule has 0 aliphatic heterocycles. The summed E-state index contributed by atoms with van der Waals surface area (Å²) in [5.41, 5.74) is 0. The number of ether oxygens (including phenoxy) is 2. The van der Waals surface area contributed by atoms with Crippen LogP contribution in [0.25, 0.3) is 0 Å². The summed E-state index contributed by atoms with van der Waals surface area (Å²) in [7, 11) is -10.8. The van der Waals surface area contributed by atoms with Crippen LogP contribution in [0.5, 0.6) is 0 Å². The zero-order valence-corrected chi connectivity index (χ0v) is 41.9. The summed E-state index contributed by atoms with van der Waals surface area (Å²) in [6.45, 7) is 2.86. The van der Waals surface area contributed by atoms with Gasteiger partial charge in [0.25, 0.3) is 0 Å². The lowest BCUT2D eigenvalue weighted by atomic mass is 9.85. The van der Waals surface area contributed by atoms with Crippen LogP contribution in [0.4, 0.5) is 0 Å². The fourth-order valence-electron chi connectivity index (χ4n) is 6.72. The van der Waals surface area contributed by atoms with E-state index in [0.29, 0.717) is 6.42 Å². The zero-order valence-electron chi connectivity index (χ0n) is 40.1. The minimum atomic E-state index is -5.39. The summed E-state index contributed by atoms with van der Waals surface area (Å²) in [5, 5.41) is 51.6. The fraction of sp³-hybridized carbons (Fsp3) is 0.673. The first-order valence-electron chi connectivity index (χ1n) is 24.2. The molecule has 1 aliphatic carbocycles. The largest absolute Gasteiger partial charge is 0.472 e. The summed E-state index contributed by atoms with van der Waals surface area (Å²) in [6, 6.07) is 0. The smallest absolute Gasteiger partial charge is 0.462 e. The number of allylic oxidation sites excluding steroid dienone is 13. The molecule has 68 heavy (non-hydrogen) atoms. The highest BCUT2D eigenvalue weighted by Gasteiger charge is 2.54. The van der Waals surface area contributed by atoms with E-state index in [4.69, 9.17) is 18.5 Å². The monoisotopic (exact) mass is 1000 g/mol. The van der Waals surface area contributed by atoms with Gasteiger partial charge in [-0.15, -0.1) is 0 Å². The summed E-state index contributed by atoms with van der Waals surface area (Å²) in [6.07, 6.45) is 29.8. The van der Waals surface area contributed by atoms with Gasteiger partial charge in [0.2, 0.25) is 0 Å². The first kappa shape index (κ1) is 63.2. The van der Waals surface area contributed by atoms with Gasteiger partial charge in [0.1, 0.15) is 43.2 Å². The minimum absolute atomic E-state index is 0.0500.